The average molecular weight is 182 g/mol. The minimum atomic E-state index is -2.54. The maximum atomic E-state index is 12.4. The Morgan fingerprint density at radius 2 is 2.00 bits per heavy atom. The first-order valence-electron chi connectivity index (χ1n) is 4.13. The fourth-order valence-electron chi connectivity index (χ4n) is 1.72. The Morgan fingerprint density at radius 1 is 1.23 bits per heavy atom. The fourth-order valence-corrected chi connectivity index (χ4v) is 1.72. The standard InChI is InChI=1S/C10H8F2O/c11-10(12)7-3-1-2-6-4-5-8(13)9(6)7/h1-3,10H,4-5H2. The van der Waals surface area contributed by atoms with Crippen molar-refractivity contribution in [3.8, 4) is 0 Å². The molecule has 1 nitrogen and oxygen atoms in total. The summed E-state index contributed by atoms with van der Waals surface area (Å²) in [4.78, 5) is 11.3. The van der Waals surface area contributed by atoms with E-state index in [0.29, 0.717) is 12.8 Å². The molecule has 3 heteroatoms. The summed E-state index contributed by atoms with van der Waals surface area (Å²) in [6.07, 6.45) is -1.56. The molecule has 1 aliphatic rings. The number of halogens is 2. The van der Waals surface area contributed by atoms with Crippen LogP contribution in [0.4, 0.5) is 8.78 Å². The van der Waals surface area contributed by atoms with E-state index in [2.05, 4.69) is 0 Å². The van der Waals surface area contributed by atoms with Crippen LogP contribution in [0.1, 0.15) is 34.3 Å². The maximum Gasteiger partial charge on any atom is 0.264 e. The smallest absolute Gasteiger partial charge is 0.264 e. The van der Waals surface area contributed by atoms with Gasteiger partial charge in [-0.1, -0.05) is 18.2 Å². The zero-order valence-electron chi connectivity index (χ0n) is 6.89. The van der Waals surface area contributed by atoms with E-state index >= 15 is 0 Å². The Kier molecular flexibility index (Phi) is 1.87. The number of carbonyl (C=O) groups excluding carboxylic acids is 1. The molecular formula is C10H8F2O. The second-order valence-electron chi connectivity index (χ2n) is 3.11. The van der Waals surface area contributed by atoms with Crippen molar-refractivity contribution in [1.29, 1.82) is 0 Å². The minimum Gasteiger partial charge on any atom is -0.294 e. The second-order valence-corrected chi connectivity index (χ2v) is 3.11. The van der Waals surface area contributed by atoms with E-state index in [1.54, 1.807) is 12.1 Å². The molecule has 13 heavy (non-hydrogen) atoms. The van der Waals surface area contributed by atoms with Crippen molar-refractivity contribution in [2.75, 3.05) is 0 Å². The lowest BCUT2D eigenvalue weighted by Crippen LogP contribution is -1.99. The molecule has 0 aromatic heterocycles. The van der Waals surface area contributed by atoms with Crippen LogP contribution in [0, 0.1) is 0 Å². The molecule has 0 N–H and O–H groups in total. The van der Waals surface area contributed by atoms with Gasteiger partial charge in [-0.15, -0.1) is 0 Å². The fraction of sp³-hybridized carbons (Fsp3) is 0.300. The normalized spacial score (nSPS) is 15.2. The van der Waals surface area contributed by atoms with Gasteiger partial charge in [0.15, 0.2) is 5.78 Å². The summed E-state index contributed by atoms with van der Waals surface area (Å²) in [5.41, 5.74) is 0.917. The topological polar surface area (TPSA) is 17.1 Å². The predicted octanol–water partition coefficient (Wildman–Crippen LogP) is 2.75. The molecule has 1 aromatic rings. The molecule has 0 bridgehead atoms. The highest BCUT2D eigenvalue weighted by Crippen LogP contribution is 2.31. The van der Waals surface area contributed by atoms with Gasteiger partial charge in [-0.2, -0.15) is 0 Å². The van der Waals surface area contributed by atoms with Crippen molar-refractivity contribution < 1.29 is 13.6 Å². The molecule has 1 aliphatic carbocycles. The number of ketones is 1. The zero-order valence-corrected chi connectivity index (χ0v) is 6.89. The van der Waals surface area contributed by atoms with Crippen LogP contribution in [0.2, 0.25) is 0 Å². The lowest BCUT2D eigenvalue weighted by Gasteiger charge is -2.04. The number of carbonyl (C=O) groups is 1. The molecule has 0 spiro atoms. The van der Waals surface area contributed by atoms with Gasteiger partial charge in [0.25, 0.3) is 6.43 Å². The quantitative estimate of drug-likeness (QED) is 0.652. The van der Waals surface area contributed by atoms with Crippen LogP contribution in [0.15, 0.2) is 18.2 Å². The molecule has 0 amide bonds. The molecule has 0 fully saturated rings. The van der Waals surface area contributed by atoms with Crippen molar-refractivity contribution in [3.05, 3.63) is 34.9 Å². The lowest BCUT2D eigenvalue weighted by atomic mass is 10.0. The van der Waals surface area contributed by atoms with Gasteiger partial charge in [0.05, 0.1) is 0 Å². The Morgan fingerprint density at radius 3 is 2.69 bits per heavy atom. The minimum absolute atomic E-state index is 0.111. The zero-order chi connectivity index (χ0) is 9.42. The molecule has 0 aliphatic heterocycles. The number of hydrogen-bond donors (Lipinski definition) is 0. The maximum absolute atomic E-state index is 12.4. The third-order valence-electron chi connectivity index (χ3n) is 2.32. The number of hydrogen-bond acceptors (Lipinski definition) is 1. The van der Waals surface area contributed by atoms with Crippen molar-refractivity contribution in [2.45, 2.75) is 19.3 Å². The van der Waals surface area contributed by atoms with Gasteiger partial charge in [-0.3, -0.25) is 4.79 Å². The van der Waals surface area contributed by atoms with Crippen LogP contribution in [0.5, 0.6) is 0 Å². The van der Waals surface area contributed by atoms with E-state index in [-0.39, 0.29) is 16.9 Å². The molecule has 0 radical (unpaired) electrons. The molecule has 0 saturated carbocycles. The molecule has 0 heterocycles. The number of aryl methyl sites for hydroxylation is 1. The third kappa shape index (κ3) is 1.24. The second kappa shape index (κ2) is 2.91. The third-order valence-corrected chi connectivity index (χ3v) is 2.32. The van der Waals surface area contributed by atoms with Crippen LogP contribution >= 0.6 is 0 Å². The Hall–Kier alpha value is -1.25. The van der Waals surface area contributed by atoms with Crippen molar-refractivity contribution in [3.63, 3.8) is 0 Å². The number of alkyl halides is 2. The first-order chi connectivity index (χ1) is 6.20. The molecular weight excluding hydrogens is 174 g/mol. The van der Waals surface area contributed by atoms with Crippen molar-refractivity contribution in [1.82, 2.24) is 0 Å². The van der Waals surface area contributed by atoms with E-state index in [1.165, 1.54) is 6.07 Å². The van der Waals surface area contributed by atoms with Crippen LogP contribution in [-0.2, 0) is 6.42 Å². The van der Waals surface area contributed by atoms with Crippen LogP contribution in [0.3, 0.4) is 0 Å². The molecule has 0 atom stereocenters. The highest BCUT2D eigenvalue weighted by Gasteiger charge is 2.25. The molecule has 1 aromatic carbocycles. The van der Waals surface area contributed by atoms with E-state index in [1.807, 2.05) is 0 Å². The van der Waals surface area contributed by atoms with Gasteiger partial charge in [-0.05, 0) is 12.0 Å². The van der Waals surface area contributed by atoms with Gasteiger partial charge in [-0.25, -0.2) is 8.78 Å². The molecule has 0 saturated heterocycles. The summed E-state index contributed by atoms with van der Waals surface area (Å²) >= 11 is 0. The van der Waals surface area contributed by atoms with E-state index < -0.39 is 6.43 Å². The number of Topliss-reactive ketones (excluding diaryl/α,β-unsaturated/α-hetero) is 1. The van der Waals surface area contributed by atoms with E-state index in [9.17, 15) is 13.6 Å². The summed E-state index contributed by atoms with van der Waals surface area (Å²) in [6, 6.07) is 4.65. The van der Waals surface area contributed by atoms with Gasteiger partial charge in [0.1, 0.15) is 0 Å². The monoisotopic (exact) mass is 182 g/mol. The summed E-state index contributed by atoms with van der Waals surface area (Å²) in [5, 5.41) is 0. The number of rotatable bonds is 1. The van der Waals surface area contributed by atoms with Crippen LogP contribution in [-0.4, -0.2) is 5.78 Å². The Balaban J connectivity index is 2.60. The van der Waals surface area contributed by atoms with Gasteiger partial charge >= 0.3 is 0 Å². The van der Waals surface area contributed by atoms with Gasteiger partial charge in [0.2, 0.25) is 0 Å². The first-order valence-corrected chi connectivity index (χ1v) is 4.13. The Labute approximate surface area is 74.4 Å². The molecule has 68 valence electrons. The highest BCUT2D eigenvalue weighted by molar-refractivity contribution is 6.01. The molecule has 0 unspecified atom stereocenters. The largest absolute Gasteiger partial charge is 0.294 e. The summed E-state index contributed by atoms with van der Waals surface area (Å²) in [6.45, 7) is 0. The van der Waals surface area contributed by atoms with Crippen LogP contribution < -0.4 is 0 Å². The predicted molar refractivity (Wildman–Crippen MR) is 44.1 cm³/mol. The van der Waals surface area contributed by atoms with Crippen molar-refractivity contribution >= 4 is 5.78 Å². The lowest BCUT2D eigenvalue weighted by molar-refractivity contribution is 0.0982. The SMILES string of the molecule is O=C1CCc2cccc(C(F)F)c21. The van der Waals surface area contributed by atoms with Crippen LogP contribution in [0.25, 0.3) is 0 Å². The van der Waals surface area contributed by atoms with Crippen molar-refractivity contribution in [2.24, 2.45) is 0 Å². The summed E-state index contributed by atoms with van der Waals surface area (Å²) in [5.74, 6) is -0.147. The van der Waals surface area contributed by atoms with Gasteiger partial charge < -0.3 is 0 Å². The number of fused-ring (bicyclic) bond motifs is 1. The van der Waals surface area contributed by atoms with E-state index in [4.69, 9.17) is 0 Å². The summed E-state index contributed by atoms with van der Waals surface area (Å²) in [7, 11) is 0. The van der Waals surface area contributed by atoms with E-state index in [0.717, 1.165) is 5.56 Å². The highest BCUT2D eigenvalue weighted by atomic mass is 19.3. The first kappa shape index (κ1) is 8.35. The summed E-state index contributed by atoms with van der Waals surface area (Å²) < 4.78 is 24.9. The average Bonchev–Trinajstić information content (AvgIpc) is 2.48. The Bertz CT molecular complexity index is 358. The molecule has 2 rings (SSSR count). The number of benzene rings is 1. The van der Waals surface area contributed by atoms with Gasteiger partial charge in [0, 0.05) is 17.5 Å².